The molecule has 1 fully saturated rings. The molecule has 0 aromatic carbocycles. The molecule has 1 aliphatic carbocycles. The predicted octanol–water partition coefficient (Wildman–Crippen LogP) is 3.46. The Hall–Kier alpha value is 0.0300. The second-order valence-corrected chi connectivity index (χ2v) is 4.94. The van der Waals surface area contributed by atoms with E-state index in [9.17, 15) is 0 Å². The highest BCUT2D eigenvalue weighted by Crippen LogP contribution is 2.70. The van der Waals surface area contributed by atoms with Crippen LogP contribution in [0.15, 0.2) is 12.2 Å². The first-order valence-corrected chi connectivity index (χ1v) is 4.62. The van der Waals surface area contributed by atoms with Crippen LogP contribution in [0, 0.1) is 16.7 Å². The first kappa shape index (κ1) is 9.12. The summed E-state index contributed by atoms with van der Waals surface area (Å²) in [6, 6.07) is 0. The van der Waals surface area contributed by atoms with E-state index in [0.717, 1.165) is 0 Å². The molecule has 1 rings (SSSR count). The van der Waals surface area contributed by atoms with Crippen LogP contribution in [0.25, 0.3) is 0 Å². The number of hydrogen-bond acceptors (Lipinski definition) is 0. The van der Waals surface area contributed by atoms with E-state index in [1.807, 2.05) is 0 Å². The van der Waals surface area contributed by atoms with Gasteiger partial charge in [0, 0.05) is 5.88 Å². The van der Waals surface area contributed by atoms with Gasteiger partial charge in [0.1, 0.15) is 0 Å². The molecule has 1 aliphatic rings. The molecule has 0 N–H and O–H groups in total. The lowest BCUT2D eigenvalue weighted by atomic mass is 10.0. The first-order chi connectivity index (χ1) is 4.85. The van der Waals surface area contributed by atoms with E-state index >= 15 is 0 Å². The van der Waals surface area contributed by atoms with Crippen molar-refractivity contribution in [3.05, 3.63) is 12.2 Å². The minimum Gasteiger partial charge on any atom is -0.122 e. The van der Waals surface area contributed by atoms with Gasteiger partial charge >= 0.3 is 0 Å². The summed E-state index contributed by atoms with van der Waals surface area (Å²) in [5.41, 5.74) is 2.00. The number of rotatable bonds is 2. The molecular formula is C10H17Cl. The number of allylic oxidation sites excluding steroid dienone is 1. The monoisotopic (exact) mass is 172 g/mol. The third-order valence-electron chi connectivity index (χ3n) is 3.60. The molecule has 0 amide bonds. The van der Waals surface area contributed by atoms with Crippen molar-refractivity contribution in [2.75, 3.05) is 5.88 Å². The average Bonchev–Trinajstić information content (AvgIpc) is 2.24. The van der Waals surface area contributed by atoms with Crippen LogP contribution in [-0.2, 0) is 0 Å². The maximum absolute atomic E-state index is 5.74. The Labute approximate surface area is 74.6 Å². The van der Waals surface area contributed by atoms with E-state index in [1.165, 1.54) is 5.57 Å². The molecular weight excluding hydrogens is 156 g/mol. The second kappa shape index (κ2) is 2.26. The summed E-state index contributed by atoms with van der Waals surface area (Å²) in [5, 5.41) is 0. The highest BCUT2D eigenvalue weighted by molar-refractivity contribution is 6.19. The van der Waals surface area contributed by atoms with Crippen LogP contribution < -0.4 is 0 Å². The van der Waals surface area contributed by atoms with E-state index in [2.05, 4.69) is 34.3 Å². The zero-order valence-corrected chi connectivity index (χ0v) is 8.63. The molecule has 0 spiro atoms. The van der Waals surface area contributed by atoms with Crippen molar-refractivity contribution < 1.29 is 0 Å². The standard InChI is InChI=1S/C10H17Cl/c1-7(6-11)8-9(2,3)10(8,4)5/h8H,1,6H2,2-5H3. The van der Waals surface area contributed by atoms with Gasteiger partial charge in [-0.05, 0) is 16.7 Å². The lowest BCUT2D eigenvalue weighted by Crippen LogP contribution is -1.95. The summed E-state index contributed by atoms with van der Waals surface area (Å²) in [4.78, 5) is 0. The predicted molar refractivity (Wildman–Crippen MR) is 50.9 cm³/mol. The fourth-order valence-corrected chi connectivity index (χ4v) is 2.45. The van der Waals surface area contributed by atoms with Crippen molar-refractivity contribution in [2.24, 2.45) is 16.7 Å². The molecule has 11 heavy (non-hydrogen) atoms. The van der Waals surface area contributed by atoms with Gasteiger partial charge in [-0.1, -0.05) is 39.8 Å². The highest BCUT2D eigenvalue weighted by atomic mass is 35.5. The summed E-state index contributed by atoms with van der Waals surface area (Å²) >= 11 is 5.74. The Kier molecular flexibility index (Phi) is 1.87. The fraction of sp³-hybridized carbons (Fsp3) is 0.800. The Balaban J connectivity index is 2.75. The zero-order valence-electron chi connectivity index (χ0n) is 7.87. The number of alkyl halides is 1. The largest absolute Gasteiger partial charge is 0.122 e. The Bertz CT molecular complexity index is 175. The van der Waals surface area contributed by atoms with Crippen molar-refractivity contribution in [3.63, 3.8) is 0 Å². The fourth-order valence-electron chi connectivity index (χ4n) is 2.29. The maximum atomic E-state index is 5.74. The minimum atomic E-state index is 0.402. The molecule has 0 saturated heterocycles. The van der Waals surface area contributed by atoms with Gasteiger partial charge in [-0.3, -0.25) is 0 Å². The lowest BCUT2D eigenvalue weighted by Gasteiger charge is -2.03. The summed E-state index contributed by atoms with van der Waals surface area (Å²) in [6.07, 6.45) is 0. The third-order valence-corrected chi connectivity index (χ3v) is 3.94. The van der Waals surface area contributed by atoms with Gasteiger partial charge in [-0.25, -0.2) is 0 Å². The Morgan fingerprint density at radius 2 is 1.64 bits per heavy atom. The molecule has 0 heterocycles. The second-order valence-electron chi connectivity index (χ2n) is 4.67. The van der Waals surface area contributed by atoms with Crippen LogP contribution in [0.1, 0.15) is 27.7 Å². The Morgan fingerprint density at radius 3 is 1.73 bits per heavy atom. The van der Waals surface area contributed by atoms with Crippen LogP contribution in [0.5, 0.6) is 0 Å². The minimum absolute atomic E-state index is 0.402. The van der Waals surface area contributed by atoms with E-state index < -0.39 is 0 Å². The molecule has 0 aliphatic heterocycles. The van der Waals surface area contributed by atoms with Gasteiger partial charge in [0.25, 0.3) is 0 Å². The SMILES string of the molecule is C=C(CCl)C1C(C)(C)C1(C)C. The molecule has 1 heteroatoms. The zero-order chi connectivity index (χ0) is 8.86. The smallest absolute Gasteiger partial charge is 0.0434 e. The normalized spacial score (nSPS) is 26.6. The van der Waals surface area contributed by atoms with Gasteiger partial charge in [-0.15, -0.1) is 11.6 Å². The summed E-state index contributed by atoms with van der Waals surface area (Å²) < 4.78 is 0. The van der Waals surface area contributed by atoms with Crippen molar-refractivity contribution in [3.8, 4) is 0 Å². The van der Waals surface area contributed by atoms with Crippen molar-refractivity contribution in [1.82, 2.24) is 0 Å². The van der Waals surface area contributed by atoms with Gasteiger partial charge in [0.2, 0.25) is 0 Å². The van der Waals surface area contributed by atoms with Crippen molar-refractivity contribution in [2.45, 2.75) is 27.7 Å². The molecule has 1 saturated carbocycles. The van der Waals surface area contributed by atoms with Crippen molar-refractivity contribution in [1.29, 1.82) is 0 Å². The van der Waals surface area contributed by atoms with Gasteiger partial charge in [0.05, 0.1) is 0 Å². The van der Waals surface area contributed by atoms with Crippen LogP contribution in [0.4, 0.5) is 0 Å². The van der Waals surface area contributed by atoms with Crippen LogP contribution in [0.3, 0.4) is 0 Å². The topological polar surface area (TPSA) is 0 Å². The lowest BCUT2D eigenvalue weighted by molar-refractivity contribution is 0.457. The van der Waals surface area contributed by atoms with E-state index in [0.29, 0.717) is 22.6 Å². The summed E-state index contributed by atoms with van der Waals surface area (Å²) in [6.45, 7) is 13.1. The molecule has 0 bridgehead atoms. The van der Waals surface area contributed by atoms with E-state index in [-0.39, 0.29) is 0 Å². The summed E-state index contributed by atoms with van der Waals surface area (Å²) in [5.74, 6) is 1.23. The van der Waals surface area contributed by atoms with E-state index in [4.69, 9.17) is 11.6 Å². The van der Waals surface area contributed by atoms with Crippen LogP contribution >= 0.6 is 11.6 Å². The van der Waals surface area contributed by atoms with Crippen molar-refractivity contribution >= 4 is 11.6 Å². The molecule has 64 valence electrons. The van der Waals surface area contributed by atoms with Gasteiger partial charge < -0.3 is 0 Å². The first-order valence-electron chi connectivity index (χ1n) is 4.09. The highest BCUT2D eigenvalue weighted by Gasteiger charge is 2.65. The Morgan fingerprint density at radius 1 is 1.27 bits per heavy atom. The average molecular weight is 173 g/mol. The summed E-state index contributed by atoms with van der Waals surface area (Å²) in [7, 11) is 0. The maximum Gasteiger partial charge on any atom is 0.0434 e. The number of halogens is 1. The van der Waals surface area contributed by atoms with Gasteiger partial charge in [-0.2, -0.15) is 0 Å². The molecule has 0 radical (unpaired) electrons. The molecule has 0 aromatic rings. The quantitative estimate of drug-likeness (QED) is 0.442. The van der Waals surface area contributed by atoms with E-state index in [1.54, 1.807) is 0 Å². The molecule has 0 aromatic heterocycles. The molecule has 0 nitrogen and oxygen atoms in total. The molecule has 0 atom stereocenters. The van der Waals surface area contributed by atoms with Crippen LogP contribution in [-0.4, -0.2) is 5.88 Å². The third kappa shape index (κ3) is 1.03. The van der Waals surface area contributed by atoms with Gasteiger partial charge in [0.15, 0.2) is 0 Å². The van der Waals surface area contributed by atoms with Crippen LogP contribution in [0.2, 0.25) is 0 Å². The number of hydrogen-bond donors (Lipinski definition) is 0. The molecule has 0 unspecified atom stereocenters.